The summed E-state index contributed by atoms with van der Waals surface area (Å²) in [7, 11) is -12.2. The SMILES string of the molecule is O=S(=O)([O-])C(F)(F)F.O=S(=O)([O-])C(F)(F)F.[PbH2+2]. The van der Waals surface area contributed by atoms with Crippen LogP contribution < -0.4 is 0 Å². The molecule has 0 N–H and O–H groups in total. The Bertz CT molecular complexity index is 374. The van der Waals surface area contributed by atoms with Crippen LogP contribution in [0.3, 0.4) is 0 Å². The van der Waals surface area contributed by atoms with Gasteiger partial charge < -0.3 is 9.11 Å². The summed E-state index contributed by atoms with van der Waals surface area (Å²) in [4.78, 5) is 0. The molecule has 0 aliphatic carbocycles. The van der Waals surface area contributed by atoms with Gasteiger partial charge in [0.05, 0.1) is 0 Å². The van der Waals surface area contributed by atoms with Crippen LogP contribution in [0, 0.1) is 0 Å². The molecular formula is C2H2F6O6PbS2. The molecule has 0 rings (SSSR count). The van der Waals surface area contributed by atoms with Crippen molar-refractivity contribution in [3.05, 3.63) is 0 Å². The van der Waals surface area contributed by atoms with Gasteiger partial charge in [0.1, 0.15) is 0 Å². The van der Waals surface area contributed by atoms with E-state index in [2.05, 4.69) is 0 Å². The molecule has 15 heteroatoms. The topological polar surface area (TPSA) is 114 Å². The molecule has 0 saturated heterocycles. The Morgan fingerprint density at radius 1 is 0.647 bits per heavy atom. The molecule has 0 saturated carbocycles. The third-order valence-corrected chi connectivity index (χ3v) is 1.70. The first-order valence-electron chi connectivity index (χ1n) is 2.54. The van der Waals surface area contributed by atoms with E-state index in [1.807, 2.05) is 0 Å². The van der Waals surface area contributed by atoms with E-state index in [0.29, 0.717) is 0 Å². The Morgan fingerprint density at radius 2 is 0.706 bits per heavy atom. The van der Waals surface area contributed by atoms with Gasteiger partial charge in [0, 0.05) is 0 Å². The van der Waals surface area contributed by atoms with Crippen molar-refractivity contribution in [1.29, 1.82) is 0 Å². The van der Waals surface area contributed by atoms with Crippen LogP contribution in [0.1, 0.15) is 0 Å². The summed E-state index contributed by atoms with van der Waals surface area (Å²) in [5.41, 5.74) is -11.3. The van der Waals surface area contributed by atoms with E-state index in [1.165, 1.54) is 0 Å². The minimum atomic E-state index is -6.09. The first-order valence-corrected chi connectivity index (χ1v) is 5.36. The van der Waals surface area contributed by atoms with Crippen molar-refractivity contribution in [2.45, 2.75) is 11.0 Å². The molecule has 104 valence electrons. The Kier molecular flexibility index (Phi) is 8.57. The van der Waals surface area contributed by atoms with Gasteiger partial charge in [0.25, 0.3) is 0 Å². The average Bonchev–Trinajstić information content (AvgIpc) is 1.77. The Balaban J connectivity index is -0.000000218. The second-order valence-corrected chi connectivity index (χ2v) is 4.54. The monoisotopic (exact) mass is 508 g/mol. The molecule has 0 aromatic rings. The van der Waals surface area contributed by atoms with Crippen LogP contribution in [0.2, 0.25) is 0 Å². The van der Waals surface area contributed by atoms with E-state index < -0.39 is 31.3 Å². The van der Waals surface area contributed by atoms with Crippen molar-refractivity contribution in [3.8, 4) is 0 Å². The van der Waals surface area contributed by atoms with E-state index in [0.717, 1.165) is 0 Å². The van der Waals surface area contributed by atoms with Crippen molar-refractivity contribution in [3.63, 3.8) is 0 Å². The third-order valence-electron chi connectivity index (χ3n) is 0.567. The maximum absolute atomic E-state index is 10.7. The van der Waals surface area contributed by atoms with Gasteiger partial charge in [-0.05, 0) is 0 Å². The molecule has 0 bridgehead atoms. The molecule has 0 aromatic heterocycles. The molecule has 0 atom stereocenters. The quantitative estimate of drug-likeness (QED) is 0.183. The molecule has 0 aliphatic heterocycles. The molecule has 17 heavy (non-hydrogen) atoms. The van der Waals surface area contributed by atoms with Gasteiger partial charge in [0.2, 0.25) is 0 Å². The Morgan fingerprint density at radius 3 is 0.706 bits per heavy atom. The summed E-state index contributed by atoms with van der Waals surface area (Å²) in [6, 6.07) is 0. The summed E-state index contributed by atoms with van der Waals surface area (Å²) in [6.45, 7) is 0. The van der Waals surface area contributed by atoms with Gasteiger partial charge in [-0.3, -0.25) is 0 Å². The average molecular weight is 507 g/mol. The summed E-state index contributed by atoms with van der Waals surface area (Å²) >= 11 is 0. The number of hydrogen-bond donors (Lipinski definition) is 0. The number of hydrogen-bond acceptors (Lipinski definition) is 6. The summed E-state index contributed by atoms with van der Waals surface area (Å²) in [5.74, 6) is 0. The van der Waals surface area contributed by atoms with Crippen LogP contribution in [0.15, 0.2) is 0 Å². The minimum absolute atomic E-state index is 0. The molecule has 0 aliphatic rings. The zero-order valence-corrected chi connectivity index (χ0v) is 14.4. The first-order chi connectivity index (χ1) is 6.50. The molecule has 0 unspecified atom stereocenters. The number of alkyl halides is 6. The van der Waals surface area contributed by atoms with E-state index in [9.17, 15) is 26.3 Å². The fourth-order valence-corrected chi connectivity index (χ4v) is 0. The van der Waals surface area contributed by atoms with E-state index in [-0.39, 0.29) is 27.3 Å². The van der Waals surface area contributed by atoms with Crippen molar-refractivity contribution in [1.82, 2.24) is 0 Å². The van der Waals surface area contributed by atoms with Crippen LogP contribution in [0.5, 0.6) is 0 Å². The van der Waals surface area contributed by atoms with Gasteiger partial charge in [-0.1, -0.05) is 0 Å². The number of halogens is 6. The van der Waals surface area contributed by atoms with Gasteiger partial charge in [-0.2, -0.15) is 26.3 Å². The summed E-state index contributed by atoms with van der Waals surface area (Å²) in [5, 5.41) is 0. The fourth-order valence-electron chi connectivity index (χ4n) is 0. The van der Waals surface area contributed by atoms with E-state index in [1.54, 1.807) is 0 Å². The summed E-state index contributed by atoms with van der Waals surface area (Å²) < 4.78 is 118. The van der Waals surface area contributed by atoms with Crippen LogP contribution >= 0.6 is 0 Å². The number of rotatable bonds is 0. The predicted molar refractivity (Wildman–Crippen MR) is 40.0 cm³/mol. The van der Waals surface area contributed by atoms with Crippen molar-refractivity contribution in [2.24, 2.45) is 0 Å². The van der Waals surface area contributed by atoms with Crippen molar-refractivity contribution >= 4 is 47.5 Å². The standard InChI is InChI=1S/2CHF3O3S.Pb.2H/c2*2-1(3,4)8(5,6)7;;;/h2*(H,5,6,7);;;/q;;+2;;/p-2. The molecule has 0 amide bonds. The van der Waals surface area contributed by atoms with Gasteiger partial charge in [-0.25, -0.2) is 16.8 Å². The Labute approximate surface area is 111 Å². The second kappa shape index (κ2) is 6.48. The maximum atomic E-state index is 10.7. The van der Waals surface area contributed by atoms with Crippen molar-refractivity contribution < 1.29 is 52.3 Å². The Hall–Kier alpha value is 0.322. The van der Waals surface area contributed by atoms with Crippen LogP contribution in [0.25, 0.3) is 0 Å². The molecule has 0 fully saturated rings. The molecule has 0 radical (unpaired) electrons. The molecule has 0 spiro atoms. The molecule has 6 nitrogen and oxygen atoms in total. The molecule has 0 aromatic carbocycles. The second-order valence-electron chi connectivity index (χ2n) is 1.80. The molecular weight excluding hydrogens is 505 g/mol. The summed E-state index contributed by atoms with van der Waals surface area (Å²) in [6.07, 6.45) is 0. The van der Waals surface area contributed by atoms with Gasteiger partial charge in [0.15, 0.2) is 20.2 Å². The van der Waals surface area contributed by atoms with Crippen LogP contribution in [-0.4, -0.2) is 64.3 Å². The van der Waals surface area contributed by atoms with E-state index in [4.69, 9.17) is 25.9 Å². The van der Waals surface area contributed by atoms with Gasteiger partial charge in [-0.15, -0.1) is 0 Å². The fraction of sp³-hybridized carbons (Fsp3) is 1.00. The third kappa shape index (κ3) is 9.97. The van der Waals surface area contributed by atoms with Crippen LogP contribution in [-0.2, 0) is 20.2 Å². The van der Waals surface area contributed by atoms with Crippen molar-refractivity contribution in [2.75, 3.05) is 0 Å². The first kappa shape index (κ1) is 22.5. The van der Waals surface area contributed by atoms with E-state index >= 15 is 0 Å². The zero-order chi connectivity index (χ0) is 14.0. The molecule has 0 heterocycles. The van der Waals surface area contributed by atoms with Crippen LogP contribution in [0.4, 0.5) is 26.3 Å². The van der Waals surface area contributed by atoms with Gasteiger partial charge >= 0.3 is 38.3 Å². The predicted octanol–water partition coefficient (Wildman–Crippen LogP) is -0.813. The zero-order valence-electron chi connectivity index (χ0n) is 7.24. The normalized spacial score (nSPS) is 13.2.